The quantitative estimate of drug-likeness (QED) is 0.282. The van der Waals surface area contributed by atoms with Crippen molar-refractivity contribution >= 4 is 46.9 Å². The lowest BCUT2D eigenvalue weighted by Crippen LogP contribution is -2.18. The van der Waals surface area contributed by atoms with Gasteiger partial charge in [-0.05, 0) is 60.9 Å². The second-order valence-electron chi connectivity index (χ2n) is 6.80. The number of hydrogen-bond acceptors (Lipinski definition) is 4. The first-order valence-electron chi connectivity index (χ1n) is 9.81. The first-order valence-corrected chi connectivity index (χ1v) is 10.9. The number of halogens is 3. The molecular formula is C24H21Cl3N2O3. The van der Waals surface area contributed by atoms with Crippen LogP contribution in [-0.4, -0.2) is 18.7 Å². The fourth-order valence-electron chi connectivity index (χ4n) is 2.89. The van der Waals surface area contributed by atoms with Crippen molar-refractivity contribution in [2.24, 2.45) is 5.10 Å². The molecule has 8 heteroatoms. The first-order chi connectivity index (χ1) is 15.4. The second kappa shape index (κ2) is 11.2. The van der Waals surface area contributed by atoms with E-state index in [9.17, 15) is 4.79 Å². The molecule has 0 spiro atoms. The third-order valence-corrected chi connectivity index (χ3v) is 5.35. The molecule has 0 atom stereocenters. The van der Waals surface area contributed by atoms with Crippen molar-refractivity contribution in [3.8, 4) is 11.5 Å². The van der Waals surface area contributed by atoms with Gasteiger partial charge < -0.3 is 9.47 Å². The van der Waals surface area contributed by atoms with E-state index < -0.39 is 5.91 Å². The Labute approximate surface area is 201 Å². The number of nitrogens with zero attached hydrogens (tertiary/aromatic N) is 1. The highest BCUT2D eigenvalue weighted by Gasteiger charge is 2.14. The van der Waals surface area contributed by atoms with Gasteiger partial charge in [0, 0.05) is 5.02 Å². The van der Waals surface area contributed by atoms with Crippen molar-refractivity contribution in [3.63, 3.8) is 0 Å². The summed E-state index contributed by atoms with van der Waals surface area (Å²) in [5.41, 5.74) is 5.51. The van der Waals surface area contributed by atoms with Gasteiger partial charge in [-0.15, -0.1) is 0 Å². The lowest BCUT2D eigenvalue weighted by atomic mass is 10.1. The van der Waals surface area contributed by atoms with Crippen LogP contribution in [0.15, 0.2) is 59.7 Å². The summed E-state index contributed by atoms with van der Waals surface area (Å²) in [6, 6.07) is 16.0. The summed E-state index contributed by atoms with van der Waals surface area (Å²) in [5, 5.41) is 5.04. The molecule has 0 heterocycles. The van der Waals surface area contributed by atoms with Crippen LogP contribution in [0.5, 0.6) is 11.5 Å². The summed E-state index contributed by atoms with van der Waals surface area (Å²) >= 11 is 18.4. The highest BCUT2D eigenvalue weighted by molar-refractivity contribution is 6.36. The summed E-state index contributed by atoms with van der Waals surface area (Å²) in [6.07, 6.45) is 1.46. The molecule has 0 unspecified atom stereocenters. The molecule has 0 radical (unpaired) electrons. The SMILES string of the molecule is CCOc1cc(/C=N\NC(=O)c2ccc(Cl)cc2Cl)cc(Cl)c1OCc1ccccc1C. The van der Waals surface area contributed by atoms with Crippen LogP contribution in [0.4, 0.5) is 0 Å². The number of carbonyl (C=O) groups excluding carboxylic acids is 1. The maximum atomic E-state index is 12.3. The molecule has 166 valence electrons. The predicted octanol–water partition coefficient (Wildman–Crippen LogP) is 6.70. The third-order valence-electron chi connectivity index (χ3n) is 4.52. The van der Waals surface area contributed by atoms with E-state index in [0.29, 0.717) is 40.3 Å². The average Bonchev–Trinajstić information content (AvgIpc) is 2.74. The maximum absolute atomic E-state index is 12.3. The molecule has 1 N–H and O–H groups in total. The van der Waals surface area contributed by atoms with Gasteiger partial charge in [-0.25, -0.2) is 5.43 Å². The van der Waals surface area contributed by atoms with Gasteiger partial charge in [-0.3, -0.25) is 4.79 Å². The lowest BCUT2D eigenvalue weighted by molar-refractivity contribution is 0.0955. The molecule has 0 aliphatic carbocycles. The Morgan fingerprint density at radius 3 is 2.53 bits per heavy atom. The fourth-order valence-corrected chi connectivity index (χ4v) is 3.65. The number of nitrogens with one attached hydrogen (secondary N) is 1. The molecule has 3 aromatic rings. The van der Waals surface area contributed by atoms with Crippen molar-refractivity contribution in [1.29, 1.82) is 0 Å². The Morgan fingerprint density at radius 1 is 1.03 bits per heavy atom. The number of carbonyl (C=O) groups is 1. The van der Waals surface area contributed by atoms with Gasteiger partial charge in [-0.2, -0.15) is 5.10 Å². The first kappa shape index (κ1) is 23.9. The van der Waals surface area contributed by atoms with E-state index in [2.05, 4.69) is 10.5 Å². The van der Waals surface area contributed by atoms with Crippen molar-refractivity contribution < 1.29 is 14.3 Å². The zero-order valence-corrected chi connectivity index (χ0v) is 19.8. The summed E-state index contributed by atoms with van der Waals surface area (Å²) in [7, 11) is 0. The van der Waals surface area contributed by atoms with E-state index >= 15 is 0 Å². The van der Waals surface area contributed by atoms with E-state index in [-0.39, 0.29) is 10.6 Å². The molecule has 0 bridgehead atoms. The summed E-state index contributed by atoms with van der Waals surface area (Å²) in [4.78, 5) is 12.3. The Kier molecular flexibility index (Phi) is 8.39. The van der Waals surface area contributed by atoms with Crippen LogP contribution in [-0.2, 0) is 6.61 Å². The van der Waals surface area contributed by atoms with Crippen molar-refractivity contribution in [2.75, 3.05) is 6.61 Å². The molecule has 3 aromatic carbocycles. The third kappa shape index (κ3) is 6.16. The minimum Gasteiger partial charge on any atom is -0.490 e. The molecule has 0 fully saturated rings. The molecule has 5 nitrogen and oxygen atoms in total. The van der Waals surface area contributed by atoms with Crippen molar-refractivity contribution in [2.45, 2.75) is 20.5 Å². The highest BCUT2D eigenvalue weighted by Crippen LogP contribution is 2.37. The van der Waals surface area contributed by atoms with Gasteiger partial charge in [0.05, 0.1) is 28.4 Å². The van der Waals surface area contributed by atoms with Crippen LogP contribution >= 0.6 is 34.8 Å². The smallest absolute Gasteiger partial charge is 0.272 e. The zero-order chi connectivity index (χ0) is 23.1. The van der Waals surface area contributed by atoms with E-state index in [1.54, 1.807) is 18.2 Å². The van der Waals surface area contributed by atoms with Crippen molar-refractivity contribution in [3.05, 3.63) is 91.9 Å². The number of ether oxygens (including phenoxy) is 2. The fraction of sp³-hybridized carbons (Fsp3) is 0.167. The second-order valence-corrected chi connectivity index (χ2v) is 8.05. The number of rotatable bonds is 8. The van der Waals surface area contributed by atoms with Crippen LogP contribution < -0.4 is 14.9 Å². The summed E-state index contributed by atoms with van der Waals surface area (Å²) in [6.45, 7) is 4.69. The van der Waals surface area contributed by atoms with Gasteiger partial charge in [0.15, 0.2) is 11.5 Å². The number of hydrogen-bond donors (Lipinski definition) is 1. The average molecular weight is 492 g/mol. The molecular weight excluding hydrogens is 471 g/mol. The van der Waals surface area contributed by atoms with E-state index in [4.69, 9.17) is 44.3 Å². The van der Waals surface area contributed by atoms with E-state index in [1.165, 1.54) is 18.3 Å². The normalized spacial score (nSPS) is 10.9. The minimum absolute atomic E-state index is 0.238. The number of amides is 1. The van der Waals surface area contributed by atoms with Crippen LogP contribution in [0.25, 0.3) is 0 Å². The minimum atomic E-state index is -0.461. The highest BCUT2D eigenvalue weighted by atomic mass is 35.5. The van der Waals surface area contributed by atoms with Crippen LogP contribution in [0, 0.1) is 6.92 Å². The van der Waals surface area contributed by atoms with Gasteiger partial charge in [0.25, 0.3) is 5.91 Å². The topological polar surface area (TPSA) is 59.9 Å². The molecule has 32 heavy (non-hydrogen) atoms. The predicted molar refractivity (Wildman–Crippen MR) is 130 cm³/mol. The molecule has 3 rings (SSSR count). The Bertz CT molecular complexity index is 1150. The Hall–Kier alpha value is -2.73. The molecule has 1 amide bonds. The Morgan fingerprint density at radius 2 is 1.81 bits per heavy atom. The van der Waals surface area contributed by atoms with E-state index in [1.807, 2.05) is 38.1 Å². The van der Waals surface area contributed by atoms with Gasteiger partial charge in [0.2, 0.25) is 0 Å². The summed E-state index contributed by atoms with van der Waals surface area (Å²) in [5.74, 6) is 0.477. The number of hydrazone groups is 1. The molecule has 0 aliphatic heterocycles. The standard InChI is InChI=1S/C24H21Cl3N2O3/c1-3-31-22-11-16(13-28-29-24(30)19-9-8-18(25)12-20(19)26)10-21(27)23(22)32-14-17-7-5-4-6-15(17)2/h4-13H,3,14H2,1-2H3,(H,29,30)/b28-13-. The monoisotopic (exact) mass is 490 g/mol. The summed E-state index contributed by atoms with van der Waals surface area (Å²) < 4.78 is 11.7. The maximum Gasteiger partial charge on any atom is 0.272 e. The molecule has 0 saturated carbocycles. The molecule has 0 saturated heterocycles. The van der Waals surface area contributed by atoms with Gasteiger partial charge in [0.1, 0.15) is 6.61 Å². The number of aryl methyl sites for hydroxylation is 1. The largest absolute Gasteiger partial charge is 0.490 e. The lowest BCUT2D eigenvalue weighted by Gasteiger charge is -2.15. The van der Waals surface area contributed by atoms with Gasteiger partial charge in [-0.1, -0.05) is 59.1 Å². The zero-order valence-electron chi connectivity index (χ0n) is 17.5. The van der Waals surface area contributed by atoms with Crippen molar-refractivity contribution in [1.82, 2.24) is 5.43 Å². The molecule has 0 aliphatic rings. The van der Waals surface area contributed by atoms with E-state index in [0.717, 1.165) is 11.1 Å². The Balaban J connectivity index is 1.74. The number of benzene rings is 3. The molecule has 0 aromatic heterocycles. The van der Waals surface area contributed by atoms with Gasteiger partial charge >= 0.3 is 0 Å². The van der Waals surface area contributed by atoms with Crippen LogP contribution in [0.2, 0.25) is 15.1 Å². The van der Waals surface area contributed by atoms with Crippen LogP contribution in [0.1, 0.15) is 34.0 Å². The van der Waals surface area contributed by atoms with Crippen LogP contribution in [0.3, 0.4) is 0 Å².